The number of aliphatic hydroxyl groups is 1. The van der Waals surface area contributed by atoms with Crippen LogP contribution in [0.15, 0.2) is 4.52 Å². The number of aryl methyl sites for hydroxylation is 1. The molecule has 0 aliphatic carbocycles. The van der Waals surface area contributed by atoms with Gasteiger partial charge in [-0.2, -0.15) is 4.98 Å². The lowest BCUT2D eigenvalue weighted by atomic mass is 9.78. The van der Waals surface area contributed by atoms with E-state index >= 15 is 0 Å². The lowest BCUT2D eigenvalue weighted by Crippen LogP contribution is -2.50. The molecular formula is C15H24N4O3. The maximum absolute atomic E-state index is 12.7. The van der Waals surface area contributed by atoms with Crippen LogP contribution < -0.4 is 0 Å². The molecule has 1 spiro atoms. The third-order valence-corrected chi connectivity index (χ3v) is 4.81. The minimum Gasteiger partial charge on any atom is -0.395 e. The standard InChI is InChI=1S/C15H24N4O3/c1-2-12-16-13(22-17-12)10-18-7-5-15(11-18)4-3-6-19(8-9-20)14(15)21/h20H,2-11H2,1H3/t15-/m1/s1. The Bertz CT molecular complexity index is 531. The second-order valence-electron chi connectivity index (χ2n) is 6.32. The van der Waals surface area contributed by atoms with Crippen LogP contribution in [0.4, 0.5) is 0 Å². The van der Waals surface area contributed by atoms with Crippen LogP contribution in [0, 0.1) is 5.41 Å². The summed E-state index contributed by atoms with van der Waals surface area (Å²) in [6, 6.07) is 0. The quantitative estimate of drug-likeness (QED) is 0.850. The van der Waals surface area contributed by atoms with Gasteiger partial charge in [0.25, 0.3) is 0 Å². The average molecular weight is 308 g/mol. The van der Waals surface area contributed by atoms with Crippen LogP contribution in [0.25, 0.3) is 0 Å². The topological polar surface area (TPSA) is 82.7 Å². The Hall–Kier alpha value is -1.47. The molecule has 2 aliphatic heterocycles. The van der Waals surface area contributed by atoms with Crippen LogP contribution in [0.1, 0.15) is 37.9 Å². The van der Waals surface area contributed by atoms with Gasteiger partial charge in [-0.05, 0) is 25.8 Å². The van der Waals surface area contributed by atoms with Crippen LogP contribution in [0.5, 0.6) is 0 Å². The molecule has 3 heterocycles. The third kappa shape index (κ3) is 2.87. The van der Waals surface area contributed by atoms with Gasteiger partial charge >= 0.3 is 0 Å². The fraction of sp³-hybridized carbons (Fsp3) is 0.800. The smallest absolute Gasteiger partial charge is 0.240 e. The van der Waals surface area contributed by atoms with Gasteiger partial charge in [-0.15, -0.1) is 0 Å². The van der Waals surface area contributed by atoms with Gasteiger partial charge in [-0.3, -0.25) is 9.69 Å². The van der Waals surface area contributed by atoms with Crippen LogP contribution in [0.3, 0.4) is 0 Å². The SMILES string of the molecule is CCc1noc(CN2CC[C@]3(CCCN(CCO)C3=O)C2)n1. The Morgan fingerprint density at radius 2 is 2.23 bits per heavy atom. The second-order valence-corrected chi connectivity index (χ2v) is 6.32. The molecule has 2 saturated heterocycles. The van der Waals surface area contributed by atoms with Crippen molar-refractivity contribution in [1.29, 1.82) is 0 Å². The molecule has 7 nitrogen and oxygen atoms in total. The molecule has 1 aromatic heterocycles. The molecule has 2 aliphatic rings. The number of aliphatic hydroxyl groups excluding tert-OH is 1. The average Bonchev–Trinajstić information content (AvgIpc) is 3.13. The number of carbonyl (C=O) groups excluding carboxylic acids is 1. The predicted octanol–water partition coefficient (Wildman–Crippen LogP) is 0.439. The lowest BCUT2D eigenvalue weighted by molar-refractivity contribution is -0.146. The minimum absolute atomic E-state index is 0.0350. The van der Waals surface area contributed by atoms with Crippen LogP contribution >= 0.6 is 0 Å². The Morgan fingerprint density at radius 1 is 1.36 bits per heavy atom. The van der Waals surface area contributed by atoms with Crippen molar-refractivity contribution in [2.45, 2.75) is 39.2 Å². The second kappa shape index (κ2) is 6.34. The number of nitrogens with zero attached hydrogens (tertiary/aromatic N) is 4. The van der Waals surface area contributed by atoms with Crippen molar-refractivity contribution < 1.29 is 14.4 Å². The summed E-state index contributed by atoms with van der Waals surface area (Å²) in [6.07, 6.45) is 3.60. The molecule has 0 aromatic carbocycles. The highest BCUT2D eigenvalue weighted by atomic mass is 16.5. The van der Waals surface area contributed by atoms with Gasteiger partial charge in [0.05, 0.1) is 18.6 Å². The molecule has 0 saturated carbocycles. The first-order valence-corrected chi connectivity index (χ1v) is 8.11. The number of hydrogen-bond acceptors (Lipinski definition) is 6. The summed E-state index contributed by atoms with van der Waals surface area (Å²) in [7, 11) is 0. The van der Waals surface area contributed by atoms with Gasteiger partial charge in [0, 0.05) is 26.1 Å². The maximum atomic E-state index is 12.7. The maximum Gasteiger partial charge on any atom is 0.240 e. The lowest BCUT2D eigenvalue weighted by Gasteiger charge is -2.39. The number of piperidine rings is 1. The Balaban J connectivity index is 1.64. The number of β-amino-alcohol motifs (C(OH)–C–C–N with tert-alkyl or cyclic N) is 1. The van der Waals surface area contributed by atoms with Gasteiger partial charge in [0.15, 0.2) is 5.82 Å². The van der Waals surface area contributed by atoms with Crippen LogP contribution in [-0.4, -0.2) is 63.7 Å². The number of carbonyl (C=O) groups is 1. The summed E-state index contributed by atoms with van der Waals surface area (Å²) < 4.78 is 5.25. The molecule has 22 heavy (non-hydrogen) atoms. The first-order chi connectivity index (χ1) is 10.7. The molecular weight excluding hydrogens is 284 g/mol. The van der Waals surface area contributed by atoms with Crippen molar-refractivity contribution in [3.05, 3.63) is 11.7 Å². The number of hydrogen-bond donors (Lipinski definition) is 1. The zero-order valence-electron chi connectivity index (χ0n) is 13.1. The van der Waals surface area contributed by atoms with Crippen LogP contribution in [0.2, 0.25) is 0 Å². The third-order valence-electron chi connectivity index (χ3n) is 4.81. The highest BCUT2D eigenvalue weighted by molar-refractivity contribution is 5.84. The van der Waals surface area contributed by atoms with Crippen LogP contribution in [-0.2, 0) is 17.8 Å². The normalized spacial score (nSPS) is 26.3. The van der Waals surface area contributed by atoms with E-state index in [2.05, 4.69) is 15.0 Å². The number of likely N-dealkylation sites (tertiary alicyclic amines) is 2. The van der Waals surface area contributed by atoms with Crippen molar-refractivity contribution in [3.63, 3.8) is 0 Å². The van der Waals surface area contributed by atoms with E-state index in [9.17, 15) is 4.79 Å². The highest BCUT2D eigenvalue weighted by Crippen LogP contribution is 2.40. The summed E-state index contributed by atoms with van der Waals surface area (Å²) in [6.45, 7) is 5.49. The number of amides is 1. The Labute approximate surface area is 130 Å². The summed E-state index contributed by atoms with van der Waals surface area (Å²) in [5.41, 5.74) is -0.277. The van der Waals surface area contributed by atoms with Gasteiger partial charge in [-0.1, -0.05) is 12.1 Å². The van der Waals surface area contributed by atoms with E-state index in [1.807, 2.05) is 11.8 Å². The summed E-state index contributed by atoms with van der Waals surface area (Å²) in [5, 5.41) is 13.0. The van der Waals surface area contributed by atoms with Gasteiger partial charge < -0.3 is 14.5 Å². The molecule has 0 radical (unpaired) electrons. The molecule has 0 bridgehead atoms. The molecule has 3 rings (SSSR count). The van der Waals surface area contributed by atoms with E-state index < -0.39 is 0 Å². The Kier molecular flexibility index (Phi) is 4.44. The van der Waals surface area contributed by atoms with Crippen molar-refractivity contribution in [2.75, 3.05) is 32.8 Å². The predicted molar refractivity (Wildman–Crippen MR) is 78.9 cm³/mol. The zero-order valence-corrected chi connectivity index (χ0v) is 13.1. The highest BCUT2D eigenvalue weighted by Gasteiger charge is 2.48. The fourth-order valence-corrected chi connectivity index (χ4v) is 3.65. The van der Waals surface area contributed by atoms with Gasteiger partial charge in [0.2, 0.25) is 11.8 Å². The van der Waals surface area contributed by atoms with E-state index in [1.165, 1.54) is 0 Å². The minimum atomic E-state index is -0.277. The molecule has 7 heteroatoms. The van der Waals surface area contributed by atoms with Crippen molar-refractivity contribution in [1.82, 2.24) is 19.9 Å². The summed E-state index contributed by atoms with van der Waals surface area (Å²) in [4.78, 5) is 21.1. The summed E-state index contributed by atoms with van der Waals surface area (Å²) in [5.74, 6) is 1.56. The van der Waals surface area contributed by atoms with Gasteiger partial charge in [0.1, 0.15) is 0 Å². The molecule has 1 amide bonds. The molecule has 2 fully saturated rings. The Morgan fingerprint density at radius 3 is 2.95 bits per heavy atom. The first kappa shape index (κ1) is 15.4. The van der Waals surface area contributed by atoms with Gasteiger partial charge in [-0.25, -0.2) is 0 Å². The first-order valence-electron chi connectivity index (χ1n) is 8.11. The molecule has 1 aromatic rings. The van der Waals surface area contributed by atoms with E-state index in [4.69, 9.17) is 9.63 Å². The van der Waals surface area contributed by atoms with E-state index in [1.54, 1.807) is 0 Å². The monoisotopic (exact) mass is 308 g/mol. The van der Waals surface area contributed by atoms with Crippen molar-refractivity contribution >= 4 is 5.91 Å². The molecule has 1 atom stereocenters. The molecule has 122 valence electrons. The number of aromatic nitrogens is 2. The van der Waals surface area contributed by atoms with E-state index in [-0.39, 0.29) is 17.9 Å². The van der Waals surface area contributed by atoms with Crippen molar-refractivity contribution in [3.8, 4) is 0 Å². The molecule has 0 unspecified atom stereocenters. The van der Waals surface area contributed by atoms with E-state index in [0.29, 0.717) is 19.0 Å². The molecule has 1 N–H and O–H groups in total. The van der Waals surface area contributed by atoms with E-state index in [0.717, 1.165) is 51.1 Å². The summed E-state index contributed by atoms with van der Waals surface area (Å²) >= 11 is 0. The largest absolute Gasteiger partial charge is 0.395 e. The fourth-order valence-electron chi connectivity index (χ4n) is 3.65. The number of rotatable bonds is 5. The zero-order chi connectivity index (χ0) is 15.6. The van der Waals surface area contributed by atoms with Crippen molar-refractivity contribution in [2.24, 2.45) is 5.41 Å².